The summed E-state index contributed by atoms with van der Waals surface area (Å²) in [4.78, 5) is 22.2. The number of amides is 1. The highest BCUT2D eigenvalue weighted by molar-refractivity contribution is 7.92. The second kappa shape index (κ2) is 6.17. The Morgan fingerprint density at radius 2 is 1.92 bits per heavy atom. The van der Waals surface area contributed by atoms with Crippen molar-refractivity contribution in [3.8, 4) is 0 Å². The minimum Gasteiger partial charge on any atom is -0.478 e. The Kier molecular flexibility index (Phi) is 4.17. The van der Waals surface area contributed by atoms with Gasteiger partial charge in [-0.15, -0.1) is 0 Å². The van der Waals surface area contributed by atoms with Crippen molar-refractivity contribution in [3.05, 3.63) is 53.3 Å². The van der Waals surface area contributed by atoms with E-state index in [-0.39, 0.29) is 22.8 Å². The van der Waals surface area contributed by atoms with Gasteiger partial charge in [-0.1, -0.05) is 0 Å². The molecule has 1 aliphatic rings. The zero-order valence-corrected chi connectivity index (χ0v) is 13.6. The van der Waals surface area contributed by atoms with Crippen LogP contribution in [0.5, 0.6) is 0 Å². The van der Waals surface area contributed by atoms with Gasteiger partial charge in [0.15, 0.2) is 0 Å². The molecule has 0 aromatic heterocycles. The molecule has 0 fully saturated rings. The first-order chi connectivity index (χ1) is 11.8. The number of benzene rings is 2. The number of aromatic carboxylic acids is 1. The SMILES string of the molecule is O=C1CCc2cc(S(=O)(=O)Nc3cc(C(=O)O)ccc3F)ccc2N1. The average molecular weight is 364 g/mol. The monoisotopic (exact) mass is 364 g/mol. The maximum absolute atomic E-state index is 13.8. The van der Waals surface area contributed by atoms with Gasteiger partial charge in [0.05, 0.1) is 16.1 Å². The van der Waals surface area contributed by atoms with E-state index in [9.17, 15) is 22.4 Å². The molecule has 0 saturated carbocycles. The smallest absolute Gasteiger partial charge is 0.335 e. The highest BCUT2D eigenvalue weighted by Gasteiger charge is 2.21. The standard InChI is InChI=1S/C16H13FN2O5S/c17-12-4-1-10(16(21)22)8-14(12)19-25(23,24)11-3-5-13-9(7-11)2-6-15(20)18-13/h1,3-5,7-8,19H,2,6H2,(H,18,20)(H,21,22). The predicted octanol–water partition coefficient (Wildman–Crippen LogP) is 2.21. The first-order valence-electron chi connectivity index (χ1n) is 7.25. The first-order valence-corrected chi connectivity index (χ1v) is 8.73. The Hall–Kier alpha value is -2.94. The van der Waals surface area contributed by atoms with Crippen LogP contribution in [0.4, 0.5) is 15.8 Å². The fraction of sp³-hybridized carbons (Fsp3) is 0.125. The van der Waals surface area contributed by atoms with E-state index in [1.165, 1.54) is 18.2 Å². The molecular weight excluding hydrogens is 351 g/mol. The van der Waals surface area contributed by atoms with Crippen LogP contribution in [0.2, 0.25) is 0 Å². The number of anilines is 2. The van der Waals surface area contributed by atoms with E-state index in [1.807, 2.05) is 0 Å². The largest absolute Gasteiger partial charge is 0.478 e. The minimum atomic E-state index is -4.12. The number of carboxylic acids is 1. The molecule has 0 spiro atoms. The van der Waals surface area contributed by atoms with Crippen LogP contribution in [0.3, 0.4) is 0 Å². The normalized spacial score (nSPS) is 13.7. The van der Waals surface area contributed by atoms with Crippen molar-refractivity contribution >= 4 is 33.3 Å². The molecule has 130 valence electrons. The molecule has 0 atom stereocenters. The van der Waals surface area contributed by atoms with E-state index < -0.39 is 27.5 Å². The third kappa shape index (κ3) is 3.45. The Morgan fingerprint density at radius 3 is 2.64 bits per heavy atom. The average Bonchev–Trinajstić information content (AvgIpc) is 2.55. The second-order valence-corrected chi connectivity index (χ2v) is 7.15. The molecule has 1 amide bonds. The second-order valence-electron chi connectivity index (χ2n) is 5.47. The van der Waals surface area contributed by atoms with Crippen LogP contribution in [0.25, 0.3) is 0 Å². The summed E-state index contributed by atoms with van der Waals surface area (Å²) in [5.41, 5.74) is 0.495. The highest BCUT2D eigenvalue weighted by atomic mass is 32.2. The molecule has 1 aliphatic heterocycles. The summed E-state index contributed by atoms with van der Waals surface area (Å²) in [7, 11) is -4.12. The van der Waals surface area contributed by atoms with Crippen molar-refractivity contribution in [2.45, 2.75) is 17.7 Å². The van der Waals surface area contributed by atoms with Gasteiger partial charge in [0.1, 0.15) is 5.82 Å². The van der Waals surface area contributed by atoms with Crippen LogP contribution in [-0.2, 0) is 21.2 Å². The molecule has 0 unspecified atom stereocenters. The number of hydrogen-bond donors (Lipinski definition) is 3. The summed E-state index contributed by atoms with van der Waals surface area (Å²) in [6, 6.07) is 6.97. The van der Waals surface area contributed by atoms with Crippen molar-refractivity contribution in [3.63, 3.8) is 0 Å². The zero-order chi connectivity index (χ0) is 18.2. The molecule has 25 heavy (non-hydrogen) atoms. The molecule has 0 aliphatic carbocycles. The topological polar surface area (TPSA) is 113 Å². The predicted molar refractivity (Wildman–Crippen MR) is 87.6 cm³/mol. The molecule has 2 aromatic rings. The Morgan fingerprint density at radius 1 is 1.16 bits per heavy atom. The number of halogens is 1. The summed E-state index contributed by atoms with van der Waals surface area (Å²) >= 11 is 0. The third-order valence-electron chi connectivity index (χ3n) is 3.74. The molecule has 0 radical (unpaired) electrons. The van der Waals surface area contributed by atoms with E-state index in [1.54, 1.807) is 0 Å². The Balaban J connectivity index is 1.94. The molecule has 0 saturated heterocycles. The summed E-state index contributed by atoms with van der Waals surface area (Å²) in [5, 5.41) is 11.6. The van der Waals surface area contributed by atoms with Gasteiger partial charge in [-0.05, 0) is 48.4 Å². The molecule has 1 heterocycles. The highest BCUT2D eigenvalue weighted by Crippen LogP contribution is 2.27. The molecule has 7 nitrogen and oxygen atoms in total. The molecule has 3 N–H and O–H groups in total. The summed E-state index contributed by atoms with van der Waals surface area (Å²) in [6.07, 6.45) is 0.645. The minimum absolute atomic E-state index is 0.109. The lowest BCUT2D eigenvalue weighted by Gasteiger charge is -2.18. The van der Waals surface area contributed by atoms with E-state index in [0.29, 0.717) is 17.7 Å². The number of sulfonamides is 1. The van der Waals surface area contributed by atoms with Gasteiger partial charge in [-0.25, -0.2) is 17.6 Å². The quantitative estimate of drug-likeness (QED) is 0.770. The maximum Gasteiger partial charge on any atom is 0.335 e. The van der Waals surface area contributed by atoms with Gasteiger partial charge in [0.25, 0.3) is 10.0 Å². The fourth-order valence-corrected chi connectivity index (χ4v) is 3.58. The fourth-order valence-electron chi connectivity index (χ4n) is 2.47. The summed E-state index contributed by atoms with van der Waals surface area (Å²) < 4.78 is 40.8. The number of fused-ring (bicyclic) bond motifs is 1. The maximum atomic E-state index is 13.8. The van der Waals surface area contributed by atoms with Crippen molar-refractivity contribution in [2.75, 3.05) is 10.0 Å². The summed E-state index contributed by atoms with van der Waals surface area (Å²) in [6.45, 7) is 0. The van der Waals surface area contributed by atoms with Crippen LogP contribution in [0, 0.1) is 5.82 Å². The number of carbonyl (C=O) groups is 2. The number of hydrogen-bond acceptors (Lipinski definition) is 4. The van der Waals surface area contributed by atoms with E-state index >= 15 is 0 Å². The van der Waals surface area contributed by atoms with Crippen LogP contribution >= 0.6 is 0 Å². The molecule has 0 bridgehead atoms. The van der Waals surface area contributed by atoms with Crippen LogP contribution < -0.4 is 10.0 Å². The van der Waals surface area contributed by atoms with E-state index in [0.717, 1.165) is 18.2 Å². The molecule has 3 rings (SSSR count). The van der Waals surface area contributed by atoms with Gasteiger partial charge in [-0.3, -0.25) is 9.52 Å². The molecule has 9 heteroatoms. The van der Waals surface area contributed by atoms with Gasteiger partial charge in [0, 0.05) is 12.1 Å². The lowest BCUT2D eigenvalue weighted by Crippen LogP contribution is -2.20. The number of carbonyl (C=O) groups excluding carboxylic acids is 1. The van der Waals surface area contributed by atoms with Crippen molar-refractivity contribution < 1.29 is 27.5 Å². The van der Waals surface area contributed by atoms with Crippen molar-refractivity contribution in [1.29, 1.82) is 0 Å². The third-order valence-corrected chi connectivity index (χ3v) is 5.10. The number of aryl methyl sites for hydroxylation is 1. The lowest BCUT2D eigenvalue weighted by atomic mass is 10.0. The van der Waals surface area contributed by atoms with Gasteiger partial charge in [-0.2, -0.15) is 0 Å². The van der Waals surface area contributed by atoms with Gasteiger partial charge >= 0.3 is 5.97 Å². The van der Waals surface area contributed by atoms with E-state index in [4.69, 9.17) is 5.11 Å². The molecular formula is C16H13FN2O5S. The number of nitrogens with one attached hydrogen (secondary N) is 2. The summed E-state index contributed by atoms with van der Waals surface area (Å²) in [5.74, 6) is -2.34. The van der Waals surface area contributed by atoms with Gasteiger partial charge in [0.2, 0.25) is 5.91 Å². The van der Waals surface area contributed by atoms with Crippen molar-refractivity contribution in [1.82, 2.24) is 0 Å². The van der Waals surface area contributed by atoms with E-state index in [2.05, 4.69) is 10.0 Å². The Labute approximate surface area is 142 Å². The van der Waals surface area contributed by atoms with Crippen molar-refractivity contribution in [2.24, 2.45) is 0 Å². The van der Waals surface area contributed by atoms with Crippen LogP contribution in [0.1, 0.15) is 22.3 Å². The van der Waals surface area contributed by atoms with Crippen LogP contribution in [-0.4, -0.2) is 25.4 Å². The van der Waals surface area contributed by atoms with Gasteiger partial charge < -0.3 is 10.4 Å². The Bertz CT molecular complexity index is 988. The lowest BCUT2D eigenvalue weighted by molar-refractivity contribution is -0.116. The first kappa shape index (κ1) is 16.9. The zero-order valence-electron chi connectivity index (χ0n) is 12.7. The molecule has 2 aromatic carbocycles. The number of rotatable bonds is 4. The van der Waals surface area contributed by atoms with Crippen LogP contribution in [0.15, 0.2) is 41.3 Å². The number of carboxylic acid groups (broad SMARTS) is 1.